The standard InChI is InChI=1S/C13H8BrFN2S/c14-10-4-1-3-8(12(10)15)13(17)9(7-16)11-5-2-6-18-11/h1-6H,17H2/b13-9-. The van der Waals surface area contributed by atoms with Gasteiger partial charge in [-0.2, -0.15) is 5.26 Å². The van der Waals surface area contributed by atoms with E-state index in [9.17, 15) is 9.65 Å². The first-order valence-electron chi connectivity index (χ1n) is 5.03. The minimum Gasteiger partial charge on any atom is -0.397 e. The number of nitrogens with two attached hydrogens (primary N) is 1. The summed E-state index contributed by atoms with van der Waals surface area (Å²) in [7, 11) is 0. The summed E-state index contributed by atoms with van der Waals surface area (Å²) in [4.78, 5) is 0.731. The average molecular weight is 323 g/mol. The third-order valence-electron chi connectivity index (χ3n) is 2.39. The van der Waals surface area contributed by atoms with Gasteiger partial charge < -0.3 is 5.73 Å². The third kappa shape index (κ3) is 2.30. The molecule has 0 atom stereocenters. The quantitative estimate of drug-likeness (QED) is 0.849. The summed E-state index contributed by atoms with van der Waals surface area (Å²) in [6, 6.07) is 10.5. The Kier molecular flexibility index (Phi) is 3.80. The number of hydrogen-bond acceptors (Lipinski definition) is 3. The molecular weight excluding hydrogens is 315 g/mol. The van der Waals surface area contributed by atoms with Crippen LogP contribution in [0.15, 0.2) is 40.2 Å². The first-order chi connectivity index (χ1) is 8.65. The van der Waals surface area contributed by atoms with Crippen molar-refractivity contribution in [2.24, 2.45) is 5.73 Å². The van der Waals surface area contributed by atoms with E-state index < -0.39 is 5.82 Å². The fourth-order valence-corrected chi connectivity index (χ4v) is 2.62. The predicted octanol–water partition coefficient (Wildman–Crippen LogP) is 4.00. The van der Waals surface area contributed by atoms with Crippen molar-refractivity contribution >= 4 is 38.5 Å². The highest BCUT2D eigenvalue weighted by molar-refractivity contribution is 9.10. The van der Waals surface area contributed by atoms with Crippen LogP contribution in [-0.4, -0.2) is 0 Å². The molecule has 2 nitrogen and oxygen atoms in total. The van der Waals surface area contributed by atoms with Gasteiger partial charge in [0.2, 0.25) is 0 Å². The summed E-state index contributed by atoms with van der Waals surface area (Å²) < 4.78 is 14.2. The predicted molar refractivity (Wildman–Crippen MR) is 75.0 cm³/mol. The lowest BCUT2D eigenvalue weighted by atomic mass is 10.1. The number of benzene rings is 1. The van der Waals surface area contributed by atoms with Gasteiger partial charge in [0.1, 0.15) is 11.9 Å². The monoisotopic (exact) mass is 322 g/mol. The highest BCUT2D eigenvalue weighted by Gasteiger charge is 2.14. The van der Waals surface area contributed by atoms with Crippen LogP contribution in [0, 0.1) is 17.1 Å². The molecular formula is C13H8BrFN2S. The van der Waals surface area contributed by atoms with E-state index in [0.29, 0.717) is 10.0 Å². The number of hydrogen-bond donors (Lipinski definition) is 1. The van der Waals surface area contributed by atoms with Gasteiger partial charge in [0.25, 0.3) is 0 Å². The minimum absolute atomic E-state index is 0.152. The highest BCUT2D eigenvalue weighted by atomic mass is 79.9. The number of thiophene rings is 1. The molecule has 2 rings (SSSR count). The van der Waals surface area contributed by atoms with Crippen molar-refractivity contribution in [1.29, 1.82) is 5.26 Å². The first kappa shape index (κ1) is 12.8. The Morgan fingerprint density at radius 3 is 2.72 bits per heavy atom. The molecule has 2 aromatic rings. The van der Waals surface area contributed by atoms with E-state index in [-0.39, 0.29) is 11.3 Å². The first-order valence-corrected chi connectivity index (χ1v) is 6.70. The van der Waals surface area contributed by atoms with Gasteiger partial charge in [-0.15, -0.1) is 11.3 Å². The maximum atomic E-state index is 13.9. The van der Waals surface area contributed by atoms with Crippen molar-refractivity contribution in [1.82, 2.24) is 0 Å². The second kappa shape index (κ2) is 5.34. The molecule has 0 unspecified atom stereocenters. The summed E-state index contributed by atoms with van der Waals surface area (Å²) >= 11 is 4.49. The Bertz CT molecular complexity index is 642. The molecule has 5 heteroatoms. The van der Waals surface area contributed by atoms with Crippen LogP contribution >= 0.6 is 27.3 Å². The van der Waals surface area contributed by atoms with Crippen molar-refractivity contribution in [2.45, 2.75) is 0 Å². The van der Waals surface area contributed by atoms with Crippen LogP contribution in [0.5, 0.6) is 0 Å². The van der Waals surface area contributed by atoms with Gasteiger partial charge in [0.05, 0.1) is 15.7 Å². The fourth-order valence-electron chi connectivity index (χ4n) is 1.52. The topological polar surface area (TPSA) is 49.8 Å². The molecule has 1 aromatic heterocycles. The van der Waals surface area contributed by atoms with E-state index in [4.69, 9.17) is 5.73 Å². The molecule has 0 radical (unpaired) electrons. The van der Waals surface area contributed by atoms with E-state index in [0.717, 1.165) is 4.88 Å². The van der Waals surface area contributed by atoms with Crippen LogP contribution in [-0.2, 0) is 0 Å². The number of nitrogens with zero attached hydrogens (tertiary/aromatic N) is 1. The molecule has 2 N–H and O–H groups in total. The molecule has 18 heavy (non-hydrogen) atoms. The minimum atomic E-state index is -0.459. The molecule has 1 aromatic carbocycles. The zero-order valence-corrected chi connectivity index (χ0v) is 11.6. The molecule has 1 heterocycles. The van der Waals surface area contributed by atoms with Crippen molar-refractivity contribution in [3.05, 3.63) is 56.4 Å². The number of allylic oxidation sites excluding steroid dienone is 1. The second-order valence-electron chi connectivity index (χ2n) is 3.48. The largest absolute Gasteiger partial charge is 0.397 e. The highest BCUT2D eigenvalue weighted by Crippen LogP contribution is 2.29. The van der Waals surface area contributed by atoms with E-state index >= 15 is 0 Å². The van der Waals surface area contributed by atoms with E-state index in [1.54, 1.807) is 24.3 Å². The van der Waals surface area contributed by atoms with Crippen LogP contribution in [0.3, 0.4) is 0 Å². The van der Waals surface area contributed by atoms with E-state index in [1.807, 2.05) is 17.5 Å². The van der Waals surface area contributed by atoms with Crippen molar-refractivity contribution in [2.75, 3.05) is 0 Å². The number of rotatable bonds is 2. The summed E-state index contributed by atoms with van der Waals surface area (Å²) in [6.07, 6.45) is 0. The third-order valence-corrected chi connectivity index (χ3v) is 3.89. The summed E-state index contributed by atoms with van der Waals surface area (Å²) in [5.74, 6) is -0.459. The molecule has 0 bridgehead atoms. The van der Waals surface area contributed by atoms with Gasteiger partial charge in [-0.05, 0) is 39.5 Å². The SMILES string of the molecule is N#C/C(=C(/N)c1cccc(Br)c1F)c1cccs1. The molecule has 0 aliphatic rings. The second-order valence-corrected chi connectivity index (χ2v) is 5.28. The van der Waals surface area contributed by atoms with Crippen LogP contribution in [0.4, 0.5) is 4.39 Å². The van der Waals surface area contributed by atoms with Crippen LogP contribution in [0.1, 0.15) is 10.4 Å². The van der Waals surface area contributed by atoms with Crippen LogP contribution < -0.4 is 5.73 Å². The molecule has 0 amide bonds. The van der Waals surface area contributed by atoms with E-state index in [2.05, 4.69) is 15.9 Å². The molecule has 0 saturated heterocycles. The zero-order valence-electron chi connectivity index (χ0n) is 9.15. The molecule has 90 valence electrons. The van der Waals surface area contributed by atoms with Crippen molar-refractivity contribution in [3.8, 4) is 6.07 Å². The lowest BCUT2D eigenvalue weighted by Crippen LogP contribution is -2.02. The van der Waals surface area contributed by atoms with Crippen molar-refractivity contribution < 1.29 is 4.39 Å². The normalized spacial score (nSPS) is 11.8. The maximum Gasteiger partial charge on any atom is 0.146 e. The molecule has 0 aliphatic heterocycles. The zero-order chi connectivity index (χ0) is 13.1. The average Bonchev–Trinajstić information content (AvgIpc) is 2.87. The van der Waals surface area contributed by atoms with Gasteiger partial charge >= 0.3 is 0 Å². The number of halogens is 2. The Morgan fingerprint density at radius 2 is 2.11 bits per heavy atom. The fraction of sp³-hybridized carbons (Fsp3) is 0. The molecule has 0 fully saturated rings. The lowest BCUT2D eigenvalue weighted by molar-refractivity contribution is 0.617. The van der Waals surface area contributed by atoms with Gasteiger partial charge in [-0.25, -0.2) is 4.39 Å². The van der Waals surface area contributed by atoms with Gasteiger partial charge in [0.15, 0.2) is 0 Å². The van der Waals surface area contributed by atoms with Crippen LogP contribution in [0.2, 0.25) is 0 Å². The van der Waals surface area contributed by atoms with Gasteiger partial charge in [-0.3, -0.25) is 0 Å². The maximum absolute atomic E-state index is 13.9. The Balaban J connectivity index is 2.62. The van der Waals surface area contributed by atoms with E-state index in [1.165, 1.54) is 11.3 Å². The summed E-state index contributed by atoms with van der Waals surface area (Å²) in [6.45, 7) is 0. The van der Waals surface area contributed by atoms with Crippen molar-refractivity contribution in [3.63, 3.8) is 0 Å². The van der Waals surface area contributed by atoms with Crippen LogP contribution in [0.25, 0.3) is 11.3 Å². The van der Waals surface area contributed by atoms with Gasteiger partial charge in [-0.1, -0.05) is 12.1 Å². The Labute approximate surface area is 116 Å². The summed E-state index contributed by atoms with van der Waals surface area (Å²) in [5.41, 5.74) is 6.59. The summed E-state index contributed by atoms with van der Waals surface area (Å²) in [5, 5.41) is 11.0. The number of nitriles is 1. The molecule has 0 aliphatic carbocycles. The molecule has 0 spiro atoms. The Morgan fingerprint density at radius 1 is 1.33 bits per heavy atom. The smallest absolute Gasteiger partial charge is 0.146 e. The molecule has 0 saturated carbocycles. The van der Waals surface area contributed by atoms with Gasteiger partial charge in [0, 0.05) is 10.4 Å². The lowest BCUT2D eigenvalue weighted by Gasteiger charge is -2.07. The Hall–Kier alpha value is -1.64.